The molecule has 0 spiro atoms. The predicted molar refractivity (Wildman–Crippen MR) is 82.0 cm³/mol. The first-order valence-electron chi connectivity index (χ1n) is 7.51. The number of carbonyl (C=O) groups is 1. The Bertz CT molecular complexity index is 678. The fourth-order valence-electron chi connectivity index (χ4n) is 2.63. The molecule has 1 saturated heterocycles. The van der Waals surface area contributed by atoms with Gasteiger partial charge in [-0.05, 0) is 30.0 Å². The summed E-state index contributed by atoms with van der Waals surface area (Å²) < 4.78 is 10.5. The fraction of sp³-hybridized carbons (Fsp3) is 0.412. The van der Waals surface area contributed by atoms with Gasteiger partial charge in [-0.1, -0.05) is 31.1 Å². The van der Waals surface area contributed by atoms with E-state index >= 15 is 0 Å². The average Bonchev–Trinajstić information content (AvgIpc) is 2.96. The zero-order chi connectivity index (χ0) is 15.7. The standard InChI is InChI=1S/C17H20N2O3/c1-11(2)14-10-16(22-18-14)17(20)19-8-7-15(19)12-5-4-6-13(9-12)21-3/h4-6,9-11,15H,7-8H2,1-3H3/t15-/m1/s1. The summed E-state index contributed by atoms with van der Waals surface area (Å²) in [5, 5.41) is 3.96. The number of rotatable bonds is 4. The highest BCUT2D eigenvalue weighted by Gasteiger charge is 2.35. The second-order valence-corrected chi connectivity index (χ2v) is 5.85. The number of ether oxygens (including phenoxy) is 1. The topological polar surface area (TPSA) is 55.6 Å². The molecule has 22 heavy (non-hydrogen) atoms. The Hall–Kier alpha value is -2.30. The van der Waals surface area contributed by atoms with E-state index in [1.54, 1.807) is 13.2 Å². The van der Waals surface area contributed by atoms with Gasteiger partial charge in [0.25, 0.3) is 5.91 Å². The first kappa shape index (κ1) is 14.6. The molecule has 0 unspecified atom stereocenters. The largest absolute Gasteiger partial charge is 0.497 e. The molecule has 0 saturated carbocycles. The van der Waals surface area contributed by atoms with Crippen molar-refractivity contribution in [1.29, 1.82) is 0 Å². The van der Waals surface area contributed by atoms with Crippen molar-refractivity contribution in [2.75, 3.05) is 13.7 Å². The lowest BCUT2D eigenvalue weighted by Crippen LogP contribution is -2.45. The molecule has 5 heteroatoms. The van der Waals surface area contributed by atoms with Crippen LogP contribution in [0.2, 0.25) is 0 Å². The molecular formula is C17H20N2O3. The zero-order valence-electron chi connectivity index (χ0n) is 13.1. The molecule has 0 bridgehead atoms. The molecule has 0 aliphatic carbocycles. The van der Waals surface area contributed by atoms with Gasteiger partial charge in [-0.3, -0.25) is 4.79 Å². The summed E-state index contributed by atoms with van der Waals surface area (Å²) in [6, 6.07) is 9.67. The summed E-state index contributed by atoms with van der Waals surface area (Å²) in [5.74, 6) is 1.27. The number of likely N-dealkylation sites (tertiary alicyclic amines) is 1. The number of hydrogen-bond acceptors (Lipinski definition) is 4. The van der Waals surface area contributed by atoms with Crippen LogP contribution in [0, 0.1) is 0 Å². The molecule has 0 radical (unpaired) electrons. The maximum absolute atomic E-state index is 12.6. The highest BCUT2D eigenvalue weighted by Crippen LogP contribution is 2.36. The Labute approximate surface area is 129 Å². The van der Waals surface area contributed by atoms with Crippen LogP contribution in [-0.4, -0.2) is 29.6 Å². The fourth-order valence-corrected chi connectivity index (χ4v) is 2.63. The van der Waals surface area contributed by atoms with Crippen molar-refractivity contribution in [1.82, 2.24) is 10.1 Å². The van der Waals surface area contributed by atoms with Crippen molar-refractivity contribution < 1.29 is 14.1 Å². The Balaban J connectivity index is 1.78. The van der Waals surface area contributed by atoms with Crippen molar-refractivity contribution in [3.63, 3.8) is 0 Å². The molecule has 1 aliphatic rings. The van der Waals surface area contributed by atoms with Crippen molar-refractivity contribution in [3.05, 3.63) is 47.3 Å². The lowest BCUT2D eigenvalue weighted by Gasteiger charge is -2.40. The van der Waals surface area contributed by atoms with Crippen molar-refractivity contribution in [3.8, 4) is 5.75 Å². The maximum atomic E-state index is 12.6. The van der Waals surface area contributed by atoms with Crippen LogP contribution in [0.5, 0.6) is 5.75 Å². The third kappa shape index (κ3) is 2.58. The molecule has 2 heterocycles. The molecule has 1 aliphatic heterocycles. The Morgan fingerprint density at radius 3 is 2.82 bits per heavy atom. The number of aromatic nitrogens is 1. The Kier molecular flexibility index (Phi) is 3.88. The lowest BCUT2D eigenvalue weighted by molar-refractivity contribution is 0.0418. The van der Waals surface area contributed by atoms with Crippen LogP contribution in [-0.2, 0) is 0 Å². The van der Waals surface area contributed by atoms with Gasteiger partial charge in [0.05, 0.1) is 18.8 Å². The Morgan fingerprint density at radius 1 is 1.41 bits per heavy atom. The van der Waals surface area contributed by atoms with Gasteiger partial charge in [-0.25, -0.2) is 0 Å². The van der Waals surface area contributed by atoms with E-state index in [0.717, 1.165) is 30.0 Å². The first-order chi connectivity index (χ1) is 10.6. The normalized spacial score (nSPS) is 17.5. The van der Waals surface area contributed by atoms with Gasteiger partial charge in [-0.15, -0.1) is 0 Å². The molecular weight excluding hydrogens is 280 g/mol. The zero-order valence-corrected chi connectivity index (χ0v) is 13.1. The second kappa shape index (κ2) is 5.83. The minimum atomic E-state index is -0.0986. The quantitative estimate of drug-likeness (QED) is 0.868. The molecule has 1 atom stereocenters. The average molecular weight is 300 g/mol. The molecule has 1 amide bonds. The molecule has 2 aromatic rings. The van der Waals surface area contributed by atoms with E-state index in [9.17, 15) is 4.79 Å². The van der Waals surface area contributed by atoms with Gasteiger partial charge in [0, 0.05) is 12.6 Å². The van der Waals surface area contributed by atoms with Crippen LogP contribution < -0.4 is 4.74 Å². The summed E-state index contributed by atoms with van der Waals surface area (Å²) in [4.78, 5) is 14.4. The lowest BCUT2D eigenvalue weighted by atomic mass is 9.94. The molecule has 1 aromatic heterocycles. The van der Waals surface area contributed by atoms with Crippen LogP contribution in [0.3, 0.4) is 0 Å². The van der Waals surface area contributed by atoms with E-state index in [0.29, 0.717) is 5.76 Å². The van der Waals surface area contributed by atoms with Crippen LogP contribution in [0.25, 0.3) is 0 Å². The van der Waals surface area contributed by atoms with Crippen molar-refractivity contribution >= 4 is 5.91 Å². The van der Waals surface area contributed by atoms with E-state index in [-0.39, 0.29) is 17.9 Å². The van der Waals surface area contributed by atoms with E-state index in [1.807, 2.05) is 43.0 Å². The van der Waals surface area contributed by atoms with Crippen LogP contribution in [0.15, 0.2) is 34.9 Å². The van der Waals surface area contributed by atoms with E-state index in [4.69, 9.17) is 9.26 Å². The van der Waals surface area contributed by atoms with Crippen LogP contribution in [0.4, 0.5) is 0 Å². The van der Waals surface area contributed by atoms with Gasteiger partial charge >= 0.3 is 0 Å². The Morgan fingerprint density at radius 2 is 2.23 bits per heavy atom. The summed E-state index contributed by atoms with van der Waals surface area (Å²) in [6.07, 6.45) is 0.948. The van der Waals surface area contributed by atoms with Crippen LogP contribution in [0.1, 0.15) is 54.0 Å². The first-order valence-corrected chi connectivity index (χ1v) is 7.51. The summed E-state index contributed by atoms with van der Waals surface area (Å²) in [6.45, 7) is 4.78. The number of benzene rings is 1. The van der Waals surface area contributed by atoms with Crippen molar-refractivity contribution in [2.24, 2.45) is 0 Å². The highest BCUT2D eigenvalue weighted by atomic mass is 16.5. The molecule has 1 fully saturated rings. The monoisotopic (exact) mass is 300 g/mol. The molecule has 3 rings (SSSR count). The van der Waals surface area contributed by atoms with Gasteiger partial charge in [0.2, 0.25) is 5.76 Å². The molecule has 5 nitrogen and oxygen atoms in total. The highest BCUT2D eigenvalue weighted by molar-refractivity contribution is 5.92. The van der Waals surface area contributed by atoms with Crippen LogP contribution >= 0.6 is 0 Å². The minimum Gasteiger partial charge on any atom is -0.497 e. The second-order valence-electron chi connectivity index (χ2n) is 5.85. The number of carbonyl (C=O) groups excluding carboxylic acids is 1. The van der Waals surface area contributed by atoms with Gasteiger partial charge < -0.3 is 14.2 Å². The van der Waals surface area contributed by atoms with E-state index in [2.05, 4.69) is 5.16 Å². The third-order valence-electron chi connectivity index (χ3n) is 4.09. The number of hydrogen-bond donors (Lipinski definition) is 0. The SMILES string of the molecule is COc1cccc([C@H]2CCN2C(=O)c2cc(C(C)C)no2)c1. The molecule has 116 valence electrons. The van der Waals surface area contributed by atoms with Crippen molar-refractivity contribution in [2.45, 2.75) is 32.2 Å². The van der Waals surface area contributed by atoms with E-state index < -0.39 is 0 Å². The predicted octanol–water partition coefficient (Wildman–Crippen LogP) is 3.39. The van der Waals surface area contributed by atoms with E-state index in [1.165, 1.54) is 0 Å². The summed E-state index contributed by atoms with van der Waals surface area (Å²) in [7, 11) is 1.64. The number of nitrogens with zero attached hydrogens (tertiary/aromatic N) is 2. The third-order valence-corrected chi connectivity index (χ3v) is 4.09. The number of methoxy groups -OCH3 is 1. The summed E-state index contributed by atoms with van der Waals surface area (Å²) >= 11 is 0. The smallest absolute Gasteiger partial charge is 0.292 e. The minimum absolute atomic E-state index is 0.0789. The number of amides is 1. The van der Waals surface area contributed by atoms with Gasteiger partial charge in [-0.2, -0.15) is 0 Å². The molecule has 1 aromatic carbocycles. The van der Waals surface area contributed by atoms with Gasteiger partial charge in [0.15, 0.2) is 0 Å². The molecule has 0 N–H and O–H groups in total. The summed E-state index contributed by atoms with van der Waals surface area (Å²) in [5.41, 5.74) is 1.89. The maximum Gasteiger partial charge on any atom is 0.292 e. The van der Waals surface area contributed by atoms with Gasteiger partial charge in [0.1, 0.15) is 5.75 Å².